The second kappa shape index (κ2) is 71.8. The Kier molecular flexibility index (Phi) is 68.6. The summed E-state index contributed by atoms with van der Waals surface area (Å²) in [6.07, 6.45) is 97.8. The zero-order valence-electron chi connectivity index (χ0n) is 59.9. The van der Waals surface area contributed by atoms with Gasteiger partial charge >= 0.3 is 11.9 Å². The highest BCUT2D eigenvalue weighted by molar-refractivity contribution is 5.70. The minimum Gasteiger partial charge on any atom is -0.545 e. The third kappa shape index (κ3) is 73.2. The highest BCUT2D eigenvalue weighted by Crippen LogP contribution is 2.18. The van der Waals surface area contributed by atoms with Crippen LogP contribution in [-0.4, -0.2) is 82.3 Å². The minimum atomic E-state index is -1.64. The Bertz CT molecular complexity index is 1870. The molecule has 0 bridgehead atoms. The molecule has 0 aliphatic rings. The maximum Gasteiger partial charge on any atom is 0.306 e. The molecule has 0 N–H and O–H groups in total. The van der Waals surface area contributed by atoms with Crippen LogP contribution < -0.4 is 5.11 Å². The molecule has 9 heteroatoms. The van der Waals surface area contributed by atoms with Gasteiger partial charge in [-0.25, -0.2) is 0 Å². The van der Waals surface area contributed by atoms with Crippen molar-refractivity contribution < 1.29 is 42.9 Å². The normalized spacial score (nSPS) is 13.3. The van der Waals surface area contributed by atoms with E-state index in [9.17, 15) is 19.5 Å². The van der Waals surface area contributed by atoms with Crippen LogP contribution >= 0.6 is 0 Å². The number of aliphatic carboxylic acids is 1. The molecule has 0 aromatic rings. The van der Waals surface area contributed by atoms with E-state index in [0.29, 0.717) is 17.4 Å². The highest BCUT2D eigenvalue weighted by Gasteiger charge is 2.22. The van der Waals surface area contributed by atoms with Crippen LogP contribution in [0.25, 0.3) is 0 Å². The molecular formula is C82H143NO8. The van der Waals surface area contributed by atoms with Crippen LogP contribution in [0.1, 0.15) is 335 Å². The van der Waals surface area contributed by atoms with Crippen molar-refractivity contribution in [2.45, 2.75) is 347 Å². The molecule has 0 fully saturated rings. The number of carbonyl (C=O) groups excluding carboxylic acids is 3. The number of esters is 2. The number of rotatable bonds is 70. The van der Waals surface area contributed by atoms with Crippen LogP contribution in [0.2, 0.25) is 0 Å². The van der Waals surface area contributed by atoms with Crippen LogP contribution in [-0.2, 0) is 33.3 Å². The van der Waals surface area contributed by atoms with Gasteiger partial charge in [-0.3, -0.25) is 9.59 Å². The smallest absolute Gasteiger partial charge is 0.306 e. The van der Waals surface area contributed by atoms with Crippen molar-refractivity contribution in [3.8, 4) is 0 Å². The molecule has 0 aliphatic heterocycles. The van der Waals surface area contributed by atoms with Crippen molar-refractivity contribution in [2.24, 2.45) is 0 Å². The largest absolute Gasteiger partial charge is 0.545 e. The number of quaternary nitrogens is 1. The molecule has 9 nitrogen and oxygen atoms in total. The number of allylic oxidation sites excluding steroid dienone is 18. The second-order valence-electron chi connectivity index (χ2n) is 26.6. The van der Waals surface area contributed by atoms with Gasteiger partial charge in [0.25, 0.3) is 0 Å². The van der Waals surface area contributed by atoms with Gasteiger partial charge in [0.1, 0.15) is 13.2 Å². The standard InChI is InChI=1S/C82H143NO8/c1-6-8-10-12-14-16-18-20-22-24-26-28-30-32-34-36-37-38-39-40-41-42-43-45-46-48-50-52-54-56-58-60-62-64-66-68-70-72-79(84)89-76-78(77-90-82(81(86)87)88-75-74-83(3,4)5)91-80(85)73-71-69-67-65-63-61-59-57-55-53-51-49-47-44-35-33-31-29-27-25-23-21-19-17-15-13-11-9-7-2/h9,11,15,17,21,23-24,26-27,29,33,35,47,49,53,55,59,61,78,82H,6-8,10,12-14,16,18-20,22,25,28,30-32,34,36-46,48,50-52,54,56-58,60,62-77H2,1-5H3/b11-9-,17-15-,23-21-,26-24-,29-27-,35-33-,49-47-,55-53-,61-59-. The van der Waals surface area contributed by atoms with E-state index in [1.54, 1.807) is 0 Å². The molecule has 0 rings (SSSR count). The van der Waals surface area contributed by atoms with Gasteiger partial charge in [-0.05, 0) is 103 Å². The number of hydrogen-bond acceptors (Lipinski definition) is 8. The average Bonchev–Trinajstić information content (AvgIpc) is 3.66. The molecule has 524 valence electrons. The fourth-order valence-corrected chi connectivity index (χ4v) is 10.7. The van der Waals surface area contributed by atoms with Gasteiger partial charge in [-0.2, -0.15) is 0 Å². The summed E-state index contributed by atoms with van der Waals surface area (Å²) in [5.74, 6) is -2.31. The Hall–Kier alpha value is -4.05. The van der Waals surface area contributed by atoms with Crippen LogP contribution in [0.15, 0.2) is 109 Å². The van der Waals surface area contributed by atoms with Crippen LogP contribution in [0, 0.1) is 0 Å². The average molecular weight is 1270 g/mol. The lowest BCUT2D eigenvalue weighted by Gasteiger charge is -2.26. The molecule has 0 saturated carbocycles. The van der Waals surface area contributed by atoms with Gasteiger partial charge in [0.05, 0.1) is 40.3 Å². The van der Waals surface area contributed by atoms with Crippen LogP contribution in [0.4, 0.5) is 0 Å². The highest BCUT2D eigenvalue weighted by atomic mass is 16.7. The summed E-state index contributed by atoms with van der Waals surface area (Å²) >= 11 is 0. The molecule has 0 heterocycles. The first-order valence-electron chi connectivity index (χ1n) is 38.0. The molecule has 2 atom stereocenters. The van der Waals surface area contributed by atoms with Gasteiger partial charge in [0.15, 0.2) is 12.4 Å². The molecule has 0 saturated heterocycles. The fourth-order valence-electron chi connectivity index (χ4n) is 10.7. The first kappa shape index (κ1) is 87.0. The zero-order chi connectivity index (χ0) is 66.1. The number of carbonyl (C=O) groups is 3. The Morgan fingerprint density at radius 1 is 0.341 bits per heavy atom. The van der Waals surface area contributed by atoms with Gasteiger partial charge in [0, 0.05) is 12.8 Å². The topological polar surface area (TPSA) is 111 Å². The number of likely N-dealkylation sites (N-methyl/N-ethyl adjacent to an activating group) is 1. The Labute approximate surface area is 562 Å². The monoisotopic (exact) mass is 1270 g/mol. The van der Waals surface area contributed by atoms with E-state index in [1.807, 2.05) is 21.1 Å². The molecule has 0 aromatic heterocycles. The lowest BCUT2D eigenvalue weighted by atomic mass is 10.0. The summed E-state index contributed by atoms with van der Waals surface area (Å²) in [7, 11) is 5.92. The first-order chi connectivity index (χ1) is 44.6. The van der Waals surface area contributed by atoms with Crippen molar-refractivity contribution >= 4 is 17.9 Å². The SMILES string of the molecule is CC/C=C\C/C=C\C/C=C\C/C=C\C/C=C\C/C=C\C/C=C\C/C=C\CCCCCCC(=O)OC(COC(=O)CCCCCCCCCCCCCCCCCCCCCCCCCCC/C=C\CCCCCCCCCC)COC(OCC[N+](C)(C)C)C(=O)[O-]. The third-order valence-corrected chi connectivity index (χ3v) is 16.5. The molecule has 0 aliphatic carbocycles. The van der Waals surface area contributed by atoms with Crippen molar-refractivity contribution in [2.75, 3.05) is 47.5 Å². The summed E-state index contributed by atoms with van der Waals surface area (Å²) in [5.41, 5.74) is 0. The van der Waals surface area contributed by atoms with E-state index in [4.69, 9.17) is 18.9 Å². The molecule has 0 radical (unpaired) electrons. The van der Waals surface area contributed by atoms with Crippen LogP contribution in [0.3, 0.4) is 0 Å². The molecular weight excluding hydrogens is 1130 g/mol. The van der Waals surface area contributed by atoms with Crippen molar-refractivity contribution in [1.82, 2.24) is 0 Å². The summed E-state index contributed by atoms with van der Waals surface area (Å²) in [5, 5.41) is 11.8. The van der Waals surface area contributed by atoms with Crippen molar-refractivity contribution in [3.05, 3.63) is 109 Å². The first-order valence-corrected chi connectivity index (χ1v) is 38.0. The van der Waals surface area contributed by atoms with Gasteiger partial charge in [0.2, 0.25) is 0 Å². The third-order valence-electron chi connectivity index (χ3n) is 16.5. The molecule has 0 spiro atoms. The molecule has 2 unspecified atom stereocenters. The van der Waals surface area contributed by atoms with Crippen LogP contribution in [0.5, 0.6) is 0 Å². The van der Waals surface area contributed by atoms with Gasteiger partial charge in [-0.15, -0.1) is 0 Å². The fraction of sp³-hybridized carbons (Fsp3) is 0.744. The summed E-state index contributed by atoms with van der Waals surface area (Å²) in [4.78, 5) is 37.5. The number of ether oxygens (including phenoxy) is 4. The van der Waals surface area contributed by atoms with E-state index >= 15 is 0 Å². The van der Waals surface area contributed by atoms with E-state index in [1.165, 1.54) is 205 Å². The molecule has 0 aromatic carbocycles. The van der Waals surface area contributed by atoms with E-state index in [2.05, 4.69) is 123 Å². The number of unbranched alkanes of at least 4 members (excludes halogenated alkanes) is 37. The number of nitrogens with zero attached hydrogens (tertiary/aromatic N) is 1. The lowest BCUT2D eigenvalue weighted by Crippen LogP contribution is -2.44. The summed E-state index contributed by atoms with van der Waals surface area (Å²) in [6.45, 7) is 4.63. The zero-order valence-corrected chi connectivity index (χ0v) is 59.9. The minimum absolute atomic E-state index is 0.138. The Morgan fingerprint density at radius 2 is 0.626 bits per heavy atom. The van der Waals surface area contributed by atoms with Gasteiger partial charge < -0.3 is 33.3 Å². The lowest BCUT2D eigenvalue weighted by molar-refractivity contribution is -0.870. The Balaban J connectivity index is 4.08. The summed E-state index contributed by atoms with van der Waals surface area (Å²) < 4.78 is 22.8. The van der Waals surface area contributed by atoms with E-state index < -0.39 is 24.3 Å². The predicted molar refractivity (Wildman–Crippen MR) is 389 cm³/mol. The van der Waals surface area contributed by atoms with E-state index in [0.717, 1.165) is 96.3 Å². The number of hydrogen-bond donors (Lipinski definition) is 0. The number of carboxylic acids is 1. The van der Waals surface area contributed by atoms with Gasteiger partial charge in [-0.1, -0.05) is 329 Å². The molecule has 0 amide bonds. The maximum atomic E-state index is 12.9. The Morgan fingerprint density at radius 3 is 0.945 bits per heavy atom. The maximum absolute atomic E-state index is 12.9. The summed E-state index contributed by atoms with van der Waals surface area (Å²) in [6, 6.07) is 0. The van der Waals surface area contributed by atoms with E-state index in [-0.39, 0.29) is 38.6 Å². The molecule has 91 heavy (non-hydrogen) atoms. The number of carboxylic acid groups (broad SMARTS) is 1. The quantitative estimate of drug-likeness (QED) is 0.0195. The van der Waals surface area contributed by atoms with Crippen molar-refractivity contribution in [3.63, 3.8) is 0 Å². The second-order valence-corrected chi connectivity index (χ2v) is 26.6. The predicted octanol–water partition coefficient (Wildman–Crippen LogP) is 22.8. The van der Waals surface area contributed by atoms with Crippen molar-refractivity contribution in [1.29, 1.82) is 0 Å².